The molecule has 0 aliphatic rings. The summed E-state index contributed by atoms with van der Waals surface area (Å²) >= 11 is 12.2. The van der Waals surface area contributed by atoms with Crippen molar-refractivity contribution in [2.75, 3.05) is 5.32 Å². The first-order valence-electron chi connectivity index (χ1n) is 8.25. The third-order valence-electron chi connectivity index (χ3n) is 4.03. The van der Waals surface area contributed by atoms with E-state index in [9.17, 15) is 9.59 Å². The number of hydrogen-bond donors (Lipinski definition) is 3. The van der Waals surface area contributed by atoms with Gasteiger partial charge in [-0.05, 0) is 48.5 Å². The van der Waals surface area contributed by atoms with Gasteiger partial charge in [0, 0.05) is 17.3 Å². The van der Waals surface area contributed by atoms with E-state index in [1.807, 2.05) is 0 Å². The van der Waals surface area contributed by atoms with E-state index >= 15 is 0 Å². The molecule has 0 spiro atoms. The zero-order valence-corrected chi connectivity index (χ0v) is 15.8. The summed E-state index contributed by atoms with van der Waals surface area (Å²) in [5, 5.41) is 3.57. The fourth-order valence-electron chi connectivity index (χ4n) is 2.73. The van der Waals surface area contributed by atoms with E-state index in [-0.39, 0.29) is 11.6 Å². The minimum absolute atomic E-state index is 0.299. The molecule has 8 heteroatoms. The average Bonchev–Trinajstić information content (AvgIpc) is 3.27. The summed E-state index contributed by atoms with van der Waals surface area (Å²) in [5.41, 5.74) is 2.21. The van der Waals surface area contributed by atoms with E-state index in [4.69, 9.17) is 27.6 Å². The molecule has 0 fully saturated rings. The van der Waals surface area contributed by atoms with Crippen molar-refractivity contribution in [1.82, 2.24) is 9.97 Å². The smallest absolute Gasteiger partial charge is 0.323 e. The third kappa shape index (κ3) is 3.74. The first-order chi connectivity index (χ1) is 13.5. The number of fused-ring (bicyclic) bond motifs is 1. The number of rotatable bonds is 4. The molecule has 140 valence electrons. The van der Waals surface area contributed by atoms with Crippen LogP contribution in [0.1, 0.15) is 5.76 Å². The normalized spacial score (nSPS) is 11.4. The number of aromatic nitrogens is 2. The molecule has 0 saturated heterocycles. The largest absolute Gasteiger partial charge is 0.457 e. The SMILES string of the molecule is O=C(C=Cc1ccc(-c2cccc(Cl)c2Cl)o1)Nc1ccc2[nH]c(=O)[nH]c2c1. The van der Waals surface area contributed by atoms with Crippen LogP contribution in [0.3, 0.4) is 0 Å². The highest BCUT2D eigenvalue weighted by molar-refractivity contribution is 6.43. The Morgan fingerprint density at radius 3 is 2.71 bits per heavy atom. The van der Waals surface area contributed by atoms with E-state index in [1.165, 1.54) is 6.08 Å². The van der Waals surface area contributed by atoms with Crippen molar-refractivity contribution in [3.8, 4) is 11.3 Å². The summed E-state index contributed by atoms with van der Waals surface area (Å²) in [6.45, 7) is 0. The molecule has 0 atom stereocenters. The molecule has 0 radical (unpaired) electrons. The van der Waals surface area contributed by atoms with E-state index in [1.54, 1.807) is 54.6 Å². The first-order valence-corrected chi connectivity index (χ1v) is 9.00. The van der Waals surface area contributed by atoms with Crippen LogP contribution in [0.25, 0.3) is 28.4 Å². The minimum Gasteiger partial charge on any atom is -0.457 e. The number of benzene rings is 2. The van der Waals surface area contributed by atoms with E-state index in [0.717, 1.165) is 0 Å². The van der Waals surface area contributed by atoms with Gasteiger partial charge in [-0.2, -0.15) is 0 Å². The quantitative estimate of drug-likeness (QED) is 0.407. The van der Waals surface area contributed by atoms with Gasteiger partial charge in [0.25, 0.3) is 0 Å². The van der Waals surface area contributed by atoms with Gasteiger partial charge in [-0.15, -0.1) is 0 Å². The summed E-state index contributed by atoms with van der Waals surface area (Å²) in [4.78, 5) is 28.7. The Kier molecular flexibility index (Phi) is 4.81. The zero-order chi connectivity index (χ0) is 19.7. The predicted molar refractivity (Wildman–Crippen MR) is 111 cm³/mol. The number of imidazole rings is 1. The molecular formula is C20H13Cl2N3O3. The van der Waals surface area contributed by atoms with Crippen molar-refractivity contribution in [3.05, 3.63) is 80.9 Å². The third-order valence-corrected chi connectivity index (χ3v) is 4.85. The maximum Gasteiger partial charge on any atom is 0.323 e. The van der Waals surface area contributed by atoms with E-state index in [2.05, 4.69) is 15.3 Å². The second-order valence-corrected chi connectivity index (χ2v) is 6.75. The van der Waals surface area contributed by atoms with Gasteiger partial charge in [0.15, 0.2) is 0 Å². The number of halogens is 2. The van der Waals surface area contributed by atoms with Crippen LogP contribution in [0.4, 0.5) is 5.69 Å². The Labute approximate surface area is 168 Å². The van der Waals surface area contributed by atoms with Crippen LogP contribution < -0.4 is 11.0 Å². The van der Waals surface area contributed by atoms with Gasteiger partial charge < -0.3 is 19.7 Å². The summed E-state index contributed by atoms with van der Waals surface area (Å²) in [6, 6.07) is 13.8. The molecule has 2 aromatic heterocycles. The first kappa shape index (κ1) is 18.2. The Hall–Kier alpha value is -3.22. The molecule has 0 aliphatic carbocycles. The van der Waals surface area contributed by atoms with Crippen molar-refractivity contribution in [1.29, 1.82) is 0 Å². The number of H-pyrrole nitrogens is 2. The number of carbonyl (C=O) groups excluding carboxylic acids is 1. The molecule has 0 aliphatic heterocycles. The van der Waals surface area contributed by atoms with E-state index in [0.29, 0.717) is 43.9 Å². The number of amides is 1. The highest BCUT2D eigenvalue weighted by Gasteiger charge is 2.10. The zero-order valence-electron chi connectivity index (χ0n) is 14.3. The van der Waals surface area contributed by atoms with Crippen LogP contribution in [0.5, 0.6) is 0 Å². The van der Waals surface area contributed by atoms with Crippen molar-refractivity contribution in [2.45, 2.75) is 0 Å². The number of aromatic amines is 2. The summed E-state index contributed by atoms with van der Waals surface area (Å²) in [6.07, 6.45) is 2.90. The van der Waals surface area contributed by atoms with Crippen LogP contribution in [0.15, 0.2) is 63.8 Å². The van der Waals surface area contributed by atoms with Gasteiger partial charge in [-0.3, -0.25) is 4.79 Å². The molecule has 3 N–H and O–H groups in total. The lowest BCUT2D eigenvalue weighted by Gasteiger charge is -2.02. The van der Waals surface area contributed by atoms with Crippen LogP contribution >= 0.6 is 23.2 Å². The molecule has 0 unspecified atom stereocenters. The Morgan fingerprint density at radius 1 is 1.04 bits per heavy atom. The fraction of sp³-hybridized carbons (Fsp3) is 0. The molecule has 2 aromatic carbocycles. The lowest BCUT2D eigenvalue weighted by molar-refractivity contribution is -0.111. The number of anilines is 1. The molecule has 0 saturated carbocycles. The molecule has 0 bridgehead atoms. The second-order valence-electron chi connectivity index (χ2n) is 5.97. The fourth-order valence-corrected chi connectivity index (χ4v) is 3.13. The van der Waals surface area contributed by atoms with Gasteiger partial charge in [0.1, 0.15) is 11.5 Å². The van der Waals surface area contributed by atoms with Gasteiger partial charge in [-0.1, -0.05) is 29.3 Å². The van der Waals surface area contributed by atoms with Gasteiger partial charge in [0.05, 0.1) is 21.1 Å². The van der Waals surface area contributed by atoms with Crippen LogP contribution in [-0.4, -0.2) is 15.9 Å². The number of furan rings is 1. The number of hydrogen-bond acceptors (Lipinski definition) is 3. The molecule has 4 rings (SSSR count). The predicted octanol–water partition coefficient (Wildman–Crippen LogP) is 5.07. The van der Waals surface area contributed by atoms with Crippen LogP contribution in [0.2, 0.25) is 10.0 Å². The van der Waals surface area contributed by atoms with Gasteiger partial charge >= 0.3 is 5.69 Å². The Bertz CT molecular complexity index is 1270. The molecule has 1 amide bonds. The highest BCUT2D eigenvalue weighted by atomic mass is 35.5. The monoisotopic (exact) mass is 413 g/mol. The van der Waals surface area contributed by atoms with Crippen LogP contribution in [-0.2, 0) is 4.79 Å². The summed E-state index contributed by atoms with van der Waals surface area (Å²) < 4.78 is 5.71. The minimum atomic E-state index is -0.337. The maximum atomic E-state index is 12.1. The molecule has 6 nitrogen and oxygen atoms in total. The molecule has 2 heterocycles. The Morgan fingerprint density at radius 2 is 1.86 bits per heavy atom. The van der Waals surface area contributed by atoms with Crippen molar-refractivity contribution >= 4 is 51.9 Å². The summed E-state index contributed by atoms with van der Waals surface area (Å²) in [7, 11) is 0. The van der Waals surface area contributed by atoms with Crippen LogP contribution in [0, 0.1) is 0 Å². The number of nitrogens with one attached hydrogen (secondary N) is 3. The van der Waals surface area contributed by atoms with Crippen molar-refractivity contribution in [3.63, 3.8) is 0 Å². The lowest BCUT2D eigenvalue weighted by atomic mass is 10.2. The molecule has 28 heavy (non-hydrogen) atoms. The van der Waals surface area contributed by atoms with E-state index < -0.39 is 0 Å². The number of carbonyl (C=O) groups is 1. The van der Waals surface area contributed by atoms with Crippen molar-refractivity contribution in [2.24, 2.45) is 0 Å². The summed E-state index contributed by atoms with van der Waals surface area (Å²) in [5.74, 6) is 0.706. The average molecular weight is 414 g/mol. The highest BCUT2D eigenvalue weighted by Crippen LogP contribution is 2.34. The van der Waals surface area contributed by atoms with Gasteiger partial charge in [-0.25, -0.2) is 4.79 Å². The lowest BCUT2D eigenvalue weighted by Crippen LogP contribution is -2.07. The van der Waals surface area contributed by atoms with Gasteiger partial charge in [0.2, 0.25) is 5.91 Å². The maximum absolute atomic E-state index is 12.1. The van der Waals surface area contributed by atoms with Crippen molar-refractivity contribution < 1.29 is 9.21 Å². The Balaban J connectivity index is 1.47. The second kappa shape index (κ2) is 7.42. The molecular weight excluding hydrogens is 401 g/mol. The molecule has 4 aromatic rings. The standard InChI is InChI=1S/C20H13Cl2N3O3/c21-14-3-1-2-13(19(14)22)17-8-5-12(28-17)6-9-18(26)23-11-4-7-15-16(10-11)25-20(27)24-15/h1-10H,(H,23,26)(H2,24,25,27). The topological polar surface area (TPSA) is 90.9 Å².